The lowest BCUT2D eigenvalue weighted by Crippen LogP contribution is -2.18. The summed E-state index contributed by atoms with van der Waals surface area (Å²) in [5.74, 6) is -0.836. The van der Waals surface area contributed by atoms with Gasteiger partial charge in [0.2, 0.25) is 0 Å². The first kappa shape index (κ1) is 16.4. The Labute approximate surface area is 137 Å². The van der Waals surface area contributed by atoms with E-state index in [1.165, 1.54) is 23.1 Å². The molecule has 0 fully saturated rings. The Morgan fingerprint density at radius 2 is 2.19 bits per heavy atom. The van der Waals surface area contributed by atoms with E-state index < -0.39 is 5.97 Å². The van der Waals surface area contributed by atoms with Gasteiger partial charge in [0.25, 0.3) is 0 Å². The third-order valence-electron chi connectivity index (χ3n) is 2.85. The lowest BCUT2D eigenvalue weighted by Gasteiger charge is -2.21. The fourth-order valence-electron chi connectivity index (χ4n) is 1.94. The van der Waals surface area contributed by atoms with Gasteiger partial charge in [-0.3, -0.25) is 4.79 Å². The molecule has 0 unspecified atom stereocenters. The molecular weight excluding hydrogens is 328 g/mol. The molecule has 0 radical (unpaired) electrons. The zero-order valence-corrected chi connectivity index (χ0v) is 14.5. The second kappa shape index (κ2) is 6.42. The van der Waals surface area contributed by atoms with Crippen LogP contribution >= 0.6 is 34.7 Å². The zero-order chi connectivity index (χ0) is 15.6. The van der Waals surface area contributed by atoms with Crippen LogP contribution in [0, 0.1) is 0 Å². The second-order valence-electron chi connectivity index (χ2n) is 5.65. The van der Waals surface area contributed by atoms with Crippen molar-refractivity contribution in [3.8, 4) is 0 Å². The van der Waals surface area contributed by atoms with Crippen molar-refractivity contribution in [2.45, 2.75) is 37.9 Å². The highest BCUT2D eigenvalue weighted by Crippen LogP contribution is 2.30. The van der Waals surface area contributed by atoms with Crippen molar-refractivity contribution in [2.24, 2.45) is 0 Å². The van der Waals surface area contributed by atoms with Crippen LogP contribution in [0.25, 0.3) is 0 Å². The van der Waals surface area contributed by atoms with Gasteiger partial charge in [-0.2, -0.15) is 0 Å². The maximum absolute atomic E-state index is 10.8. The summed E-state index contributed by atoms with van der Waals surface area (Å²) in [6.07, 6.45) is 1.83. The fourth-order valence-corrected chi connectivity index (χ4v) is 3.72. The van der Waals surface area contributed by atoms with Crippen molar-refractivity contribution in [1.82, 2.24) is 9.55 Å². The Hall–Kier alpha value is -0.980. The number of carboxylic acid groups (broad SMARTS) is 1. The molecule has 2 aromatic heterocycles. The minimum absolute atomic E-state index is 0.00575. The van der Waals surface area contributed by atoms with E-state index in [1.54, 1.807) is 0 Å². The van der Waals surface area contributed by atoms with E-state index in [1.807, 2.05) is 18.3 Å². The highest BCUT2D eigenvalue weighted by molar-refractivity contribution is 7.99. The van der Waals surface area contributed by atoms with Crippen molar-refractivity contribution in [3.05, 3.63) is 33.2 Å². The largest absolute Gasteiger partial charge is 0.481 e. The fraction of sp³-hybridized carbons (Fsp3) is 0.429. The number of thiophene rings is 1. The first-order valence-corrected chi connectivity index (χ1v) is 8.60. The molecule has 2 rings (SSSR count). The maximum Gasteiger partial charge on any atom is 0.313 e. The minimum Gasteiger partial charge on any atom is -0.481 e. The van der Waals surface area contributed by atoms with E-state index in [0.29, 0.717) is 6.54 Å². The molecule has 1 N–H and O–H groups in total. The molecule has 0 saturated carbocycles. The van der Waals surface area contributed by atoms with Gasteiger partial charge in [-0.25, -0.2) is 4.98 Å². The van der Waals surface area contributed by atoms with E-state index >= 15 is 0 Å². The van der Waals surface area contributed by atoms with E-state index in [0.717, 1.165) is 20.1 Å². The van der Waals surface area contributed by atoms with Crippen molar-refractivity contribution >= 4 is 40.7 Å². The van der Waals surface area contributed by atoms with Gasteiger partial charge in [-0.1, -0.05) is 44.1 Å². The van der Waals surface area contributed by atoms with Crippen LogP contribution in [-0.2, 0) is 16.8 Å². The molecular formula is C14H17ClN2O2S2. The van der Waals surface area contributed by atoms with Gasteiger partial charge >= 0.3 is 5.97 Å². The van der Waals surface area contributed by atoms with E-state index in [2.05, 4.69) is 30.3 Å². The summed E-state index contributed by atoms with van der Waals surface area (Å²) in [6, 6.07) is 3.87. The third kappa shape index (κ3) is 4.25. The standard InChI is InChI=1S/C14H17ClN2O2S2/c1-14(2,3)10-6-16-13(20-8-12(18)19)17(10)7-9-4-5-11(15)21-9/h4-6H,7-8H2,1-3H3,(H,18,19). The molecule has 7 heteroatoms. The Morgan fingerprint density at radius 1 is 1.48 bits per heavy atom. The van der Waals surface area contributed by atoms with E-state index in [-0.39, 0.29) is 11.2 Å². The molecule has 2 aromatic rings. The predicted octanol–water partition coefficient (Wildman–Crippen LogP) is 4.12. The minimum atomic E-state index is -0.842. The molecule has 0 amide bonds. The average Bonchev–Trinajstić information content (AvgIpc) is 2.93. The Bertz CT molecular complexity index is 644. The molecule has 0 bridgehead atoms. The van der Waals surface area contributed by atoms with Gasteiger partial charge in [-0.05, 0) is 12.1 Å². The maximum atomic E-state index is 10.8. The van der Waals surface area contributed by atoms with Crippen molar-refractivity contribution in [1.29, 1.82) is 0 Å². The number of rotatable bonds is 5. The zero-order valence-electron chi connectivity index (χ0n) is 12.1. The average molecular weight is 345 g/mol. The lowest BCUT2D eigenvalue weighted by molar-refractivity contribution is -0.133. The van der Waals surface area contributed by atoms with Crippen molar-refractivity contribution in [2.75, 3.05) is 5.75 Å². The summed E-state index contributed by atoms with van der Waals surface area (Å²) in [4.78, 5) is 16.3. The normalized spacial score (nSPS) is 11.8. The Kier molecular flexibility index (Phi) is 5.01. The predicted molar refractivity (Wildman–Crippen MR) is 87.7 cm³/mol. The van der Waals surface area contributed by atoms with Gasteiger partial charge in [0, 0.05) is 22.2 Å². The Balaban J connectivity index is 2.33. The third-order valence-corrected chi connectivity index (χ3v) is 5.05. The monoisotopic (exact) mass is 344 g/mol. The highest BCUT2D eigenvalue weighted by Gasteiger charge is 2.22. The number of hydrogen-bond donors (Lipinski definition) is 1. The molecule has 0 atom stereocenters. The number of thioether (sulfide) groups is 1. The summed E-state index contributed by atoms with van der Waals surface area (Å²) in [6.45, 7) is 7.01. The molecule has 0 aliphatic carbocycles. The molecule has 21 heavy (non-hydrogen) atoms. The van der Waals surface area contributed by atoms with Gasteiger partial charge in [0.15, 0.2) is 5.16 Å². The van der Waals surface area contributed by atoms with Gasteiger partial charge in [0.1, 0.15) is 0 Å². The van der Waals surface area contributed by atoms with Crippen LogP contribution < -0.4 is 0 Å². The topological polar surface area (TPSA) is 55.1 Å². The van der Waals surface area contributed by atoms with Crippen LogP contribution in [0.3, 0.4) is 0 Å². The number of aliphatic carboxylic acids is 1. The molecule has 2 heterocycles. The summed E-state index contributed by atoms with van der Waals surface area (Å²) in [7, 11) is 0. The van der Waals surface area contributed by atoms with Gasteiger partial charge in [0.05, 0.1) is 16.6 Å². The number of aromatic nitrogens is 2. The highest BCUT2D eigenvalue weighted by atomic mass is 35.5. The molecule has 0 aromatic carbocycles. The molecule has 114 valence electrons. The SMILES string of the molecule is CC(C)(C)c1cnc(SCC(=O)O)n1Cc1ccc(Cl)s1. The number of hydrogen-bond acceptors (Lipinski definition) is 4. The summed E-state index contributed by atoms with van der Waals surface area (Å²) in [5, 5.41) is 9.58. The van der Waals surface area contributed by atoms with Crippen molar-refractivity contribution < 1.29 is 9.90 Å². The van der Waals surface area contributed by atoms with Crippen LogP contribution in [0.4, 0.5) is 0 Å². The van der Waals surface area contributed by atoms with E-state index in [4.69, 9.17) is 16.7 Å². The molecule has 0 saturated heterocycles. The summed E-state index contributed by atoms with van der Waals surface area (Å²) in [5.41, 5.74) is 1.02. The second-order valence-corrected chi connectivity index (χ2v) is 8.39. The van der Waals surface area contributed by atoms with E-state index in [9.17, 15) is 4.79 Å². The number of halogens is 1. The van der Waals surface area contributed by atoms with Crippen LogP contribution in [0.15, 0.2) is 23.5 Å². The number of imidazole rings is 1. The first-order chi connectivity index (χ1) is 9.77. The molecule has 4 nitrogen and oxygen atoms in total. The Morgan fingerprint density at radius 3 is 2.71 bits per heavy atom. The van der Waals surface area contributed by atoms with Crippen LogP contribution in [0.5, 0.6) is 0 Å². The molecule has 0 spiro atoms. The molecule has 0 aliphatic rings. The summed E-state index contributed by atoms with van der Waals surface area (Å²) < 4.78 is 2.83. The number of nitrogens with zero attached hydrogens (tertiary/aromatic N) is 2. The quantitative estimate of drug-likeness (QED) is 0.829. The van der Waals surface area contributed by atoms with Crippen molar-refractivity contribution in [3.63, 3.8) is 0 Å². The lowest BCUT2D eigenvalue weighted by atomic mass is 9.92. The smallest absolute Gasteiger partial charge is 0.313 e. The van der Waals surface area contributed by atoms with Crippen LogP contribution in [0.1, 0.15) is 31.3 Å². The number of carbonyl (C=O) groups is 1. The number of carboxylic acids is 1. The summed E-state index contributed by atoms with van der Waals surface area (Å²) >= 11 is 8.76. The first-order valence-electron chi connectivity index (χ1n) is 6.42. The molecule has 0 aliphatic heterocycles. The van der Waals surface area contributed by atoms with Crippen LogP contribution in [-0.4, -0.2) is 26.4 Å². The van der Waals surface area contributed by atoms with Crippen LogP contribution in [0.2, 0.25) is 4.34 Å². The van der Waals surface area contributed by atoms with Gasteiger partial charge < -0.3 is 9.67 Å². The van der Waals surface area contributed by atoms with Gasteiger partial charge in [-0.15, -0.1) is 11.3 Å².